The highest BCUT2D eigenvalue weighted by molar-refractivity contribution is 5.55. The van der Waals surface area contributed by atoms with E-state index in [1.165, 1.54) is 11.3 Å². The molecule has 0 atom stereocenters. The van der Waals surface area contributed by atoms with Crippen molar-refractivity contribution in [3.8, 4) is 0 Å². The molecule has 0 bridgehead atoms. The summed E-state index contributed by atoms with van der Waals surface area (Å²) in [7, 11) is 0. The van der Waals surface area contributed by atoms with Gasteiger partial charge in [0.15, 0.2) is 0 Å². The van der Waals surface area contributed by atoms with Gasteiger partial charge in [-0.3, -0.25) is 4.98 Å². The van der Waals surface area contributed by atoms with Gasteiger partial charge in [0.05, 0.1) is 22.7 Å². The zero-order valence-corrected chi connectivity index (χ0v) is 21.0. The van der Waals surface area contributed by atoms with Crippen LogP contribution in [0.25, 0.3) is 0 Å². The van der Waals surface area contributed by atoms with Crippen LogP contribution in [0.4, 0.5) is 34.1 Å². The number of anilines is 2. The Kier molecular flexibility index (Phi) is 8.48. The molecule has 182 valence electrons. The predicted octanol–water partition coefficient (Wildman–Crippen LogP) is 8.68. The number of hydrogen-bond donors (Lipinski definition) is 1. The number of aromatic nitrogens is 1. The molecule has 4 aromatic rings. The summed E-state index contributed by atoms with van der Waals surface area (Å²) in [5.41, 5.74) is 7.61. The number of hydrogen-bond acceptors (Lipinski definition) is 7. The first-order valence-corrected chi connectivity index (χ1v) is 12.2. The summed E-state index contributed by atoms with van der Waals surface area (Å²) in [6, 6.07) is 25.9. The third-order valence-electron chi connectivity index (χ3n) is 5.83. The Balaban J connectivity index is 1.35. The minimum absolute atomic E-state index is 0.733. The predicted molar refractivity (Wildman–Crippen MR) is 148 cm³/mol. The van der Waals surface area contributed by atoms with Crippen molar-refractivity contribution in [1.29, 1.82) is 0 Å². The van der Waals surface area contributed by atoms with Crippen molar-refractivity contribution in [3.05, 3.63) is 102 Å². The molecule has 7 nitrogen and oxygen atoms in total. The van der Waals surface area contributed by atoms with Gasteiger partial charge in [0, 0.05) is 43.4 Å². The van der Waals surface area contributed by atoms with E-state index in [0.29, 0.717) is 0 Å². The lowest BCUT2D eigenvalue weighted by atomic mass is 10.2. The molecule has 3 aromatic carbocycles. The Hall–Kier alpha value is -4.39. The maximum atomic E-state index is 4.43. The standard InChI is InChI=1S/C29H31N7/c1-4-36(5-2)28-13-10-26(11-14-28)32-34-27-12-15-29(22(3)20-27)35-33-25-8-6-23(7-9-25)21-31-24-16-18-30-19-17-24/h6-20H,4-5,21H2,1-3H3,(H,30,31). The topological polar surface area (TPSA) is 77.6 Å². The van der Waals surface area contributed by atoms with Crippen LogP contribution in [0.1, 0.15) is 25.0 Å². The fourth-order valence-electron chi connectivity index (χ4n) is 3.71. The molecule has 0 fully saturated rings. The van der Waals surface area contributed by atoms with E-state index in [4.69, 9.17) is 0 Å². The highest BCUT2D eigenvalue weighted by Gasteiger charge is 2.02. The van der Waals surface area contributed by atoms with E-state index in [1.54, 1.807) is 12.4 Å². The number of nitrogens with zero attached hydrogens (tertiary/aromatic N) is 6. The highest BCUT2D eigenvalue weighted by atomic mass is 15.1. The summed E-state index contributed by atoms with van der Waals surface area (Å²) in [5, 5.41) is 21.0. The molecule has 0 saturated heterocycles. The fraction of sp³-hybridized carbons (Fsp3) is 0.207. The quantitative estimate of drug-likeness (QED) is 0.232. The van der Waals surface area contributed by atoms with Crippen LogP contribution < -0.4 is 10.2 Å². The van der Waals surface area contributed by atoms with Crippen LogP contribution in [0, 0.1) is 6.92 Å². The number of azo groups is 2. The molecule has 0 aliphatic heterocycles. The third-order valence-corrected chi connectivity index (χ3v) is 5.83. The average molecular weight is 478 g/mol. The number of aryl methyl sites for hydroxylation is 1. The summed E-state index contributed by atoms with van der Waals surface area (Å²) < 4.78 is 0. The summed E-state index contributed by atoms with van der Waals surface area (Å²) in [6.07, 6.45) is 3.55. The van der Waals surface area contributed by atoms with Crippen LogP contribution in [-0.2, 0) is 6.54 Å². The second-order valence-corrected chi connectivity index (χ2v) is 8.32. The Morgan fingerprint density at radius 3 is 1.92 bits per heavy atom. The van der Waals surface area contributed by atoms with Crippen LogP contribution in [0.15, 0.2) is 112 Å². The summed E-state index contributed by atoms with van der Waals surface area (Å²) in [6.45, 7) is 9.01. The molecule has 1 aromatic heterocycles. The number of nitrogens with one attached hydrogen (secondary N) is 1. The van der Waals surface area contributed by atoms with E-state index >= 15 is 0 Å². The van der Waals surface area contributed by atoms with Crippen LogP contribution in [0.2, 0.25) is 0 Å². The fourth-order valence-corrected chi connectivity index (χ4v) is 3.71. The molecule has 0 spiro atoms. The first-order chi connectivity index (χ1) is 17.6. The van der Waals surface area contributed by atoms with Gasteiger partial charge in [-0.25, -0.2) is 0 Å². The van der Waals surface area contributed by atoms with E-state index in [0.717, 1.165) is 53.6 Å². The molecule has 36 heavy (non-hydrogen) atoms. The van der Waals surface area contributed by atoms with Crippen LogP contribution >= 0.6 is 0 Å². The summed E-state index contributed by atoms with van der Waals surface area (Å²) in [4.78, 5) is 6.33. The molecule has 0 aliphatic carbocycles. The largest absolute Gasteiger partial charge is 0.381 e. The van der Waals surface area contributed by atoms with Gasteiger partial charge in [0.1, 0.15) is 0 Å². The van der Waals surface area contributed by atoms with Gasteiger partial charge < -0.3 is 10.2 Å². The second-order valence-electron chi connectivity index (χ2n) is 8.32. The average Bonchev–Trinajstić information content (AvgIpc) is 2.93. The maximum absolute atomic E-state index is 4.43. The highest BCUT2D eigenvalue weighted by Crippen LogP contribution is 2.28. The van der Waals surface area contributed by atoms with Gasteiger partial charge >= 0.3 is 0 Å². The Morgan fingerprint density at radius 2 is 1.28 bits per heavy atom. The smallest absolute Gasteiger partial charge is 0.0887 e. The summed E-state index contributed by atoms with van der Waals surface area (Å²) in [5.74, 6) is 0. The minimum atomic E-state index is 0.733. The van der Waals surface area contributed by atoms with Gasteiger partial charge in [0.25, 0.3) is 0 Å². The molecule has 0 saturated carbocycles. The van der Waals surface area contributed by atoms with Gasteiger partial charge in [-0.1, -0.05) is 12.1 Å². The van der Waals surface area contributed by atoms with Crippen LogP contribution in [-0.4, -0.2) is 18.1 Å². The maximum Gasteiger partial charge on any atom is 0.0887 e. The van der Waals surface area contributed by atoms with Crippen molar-refractivity contribution >= 4 is 34.1 Å². The molecule has 0 amide bonds. The van der Waals surface area contributed by atoms with E-state index < -0.39 is 0 Å². The number of rotatable bonds is 10. The van der Waals surface area contributed by atoms with Gasteiger partial charge in [0.2, 0.25) is 0 Å². The van der Waals surface area contributed by atoms with Crippen molar-refractivity contribution in [3.63, 3.8) is 0 Å². The van der Waals surface area contributed by atoms with Crippen LogP contribution in [0.3, 0.4) is 0 Å². The van der Waals surface area contributed by atoms with Crippen molar-refractivity contribution in [2.75, 3.05) is 23.3 Å². The third kappa shape index (κ3) is 6.82. The lowest BCUT2D eigenvalue weighted by molar-refractivity contribution is 0.866. The molecule has 0 radical (unpaired) electrons. The second kappa shape index (κ2) is 12.4. The van der Waals surface area contributed by atoms with Crippen molar-refractivity contribution in [2.45, 2.75) is 27.3 Å². The molecule has 1 heterocycles. The van der Waals surface area contributed by atoms with Crippen molar-refractivity contribution in [2.24, 2.45) is 20.5 Å². The normalized spacial score (nSPS) is 11.3. The molecule has 0 aliphatic rings. The van der Waals surface area contributed by atoms with Gasteiger partial charge in [-0.05, 0) is 98.6 Å². The molecular weight excluding hydrogens is 446 g/mol. The van der Waals surface area contributed by atoms with Gasteiger partial charge in [-0.15, -0.1) is 0 Å². The van der Waals surface area contributed by atoms with E-state index in [2.05, 4.69) is 61.6 Å². The number of benzene rings is 3. The Labute approximate surface area is 212 Å². The first-order valence-electron chi connectivity index (χ1n) is 12.2. The van der Waals surface area contributed by atoms with E-state index in [9.17, 15) is 0 Å². The molecular formula is C29H31N7. The Bertz CT molecular complexity index is 1290. The SMILES string of the molecule is CCN(CC)c1ccc(N=Nc2ccc(N=Nc3ccc(CNc4ccncc4)cc3)c(C)c2)cc1. The molecule has 7 heteroatoms. The first kappa shape index (κ1) is 24.7. The van der Waals surface area contributed by atoms with Crippen LogP contribution in [0.5, 0.6) is 0 Å². The minimum Gasteiger partial charge on any atom is -0.381 e. The van der Waals surface area contributed by atoms with Crippen molar-refractivity contribution in [1.82, 2.24) is 4.98 Å². The Morgan fingerprint density at radius 1 is 0.694 bits per heavy atom. The molecule has 1 N–H and O–H groups in total. The van der Waals surface area contributed by atoms with E-state index in [-0.39, 0.29) is 0 Å². The molecule has 4 rings (SSSR count). The molecule has 0 unspecified atom stereocenters. The lowest BCUT2D eigenvalue weighted by Gasteiger charge is -2.20. The lowest BCUT2D eigenvalue weighted by Crippen LogP contribution is -2.21. The van der Waals surface area contributed by atoms with Crippen molar-refractivity contribution < 1.29 is 0 Å². The zero-order valence-electron chi connectivity index (χ0n) is 21.0. The zero-order chi connectivity index (χ0) is 25.2. The monoisotopic (exact) mass is 477 g/mol. The summed E-state index contributed by atoms with van der Waals surface area (Å²) >= 11 is 0. The van der Waals surface area contributed by atoms with Gasteiger partial charge in [-0.2, -0.15) is 20.5 Å². The van der Waals surface area contributed by atoms with E-state index in [1.807, 2.05) is 73.7 Å². The number of pyridine rings is 1.